The molecule has 8 nitrogen and oxygen atoms in total. The van der Waals surface area contributed by atoms with Crippen molar-refractivity contribution < 1.29 is 12.8 Å². The van der Waals surface area contributed by atoms with Gasteiger partial charge in [-0.2, -0.15) is 0 Å². The molecule has 1 aromatic carbocycles. The van der Waals surface area contributed by atoms with Crippen molar-refractivity contribution in [3.05, 3.63) is 78.5 Å². The highest BCUT2D eigenvalue weighted by Gasteiger charge is 2.16. The second-order valence-electron chi connectivity index (χ2n) is 6.57. The molecule has 0 saturated heterocycles. The van der Waals surface area contributed by atoms with Crippen LogP contribution in [-0.2, 0) is 22.3 Å². The molecule has 0 unspecified atom stereocenters. The number of thioether (sulfide) groups is 1. The number of rotatable bonds is 8. The Balaban J connectivity index is 1.62. The average Bonchev–Trinajstić information content (AvgIpc) is 3.37. The second kappa shape index (κ2) is 8.72. The predicted octanol–water partition coefficient (Wildman–Crippen LogP) is 3.65. The summed E-state index contributed by atoms with van der Waals surface area (Å²) in [5.41, 5.74) is 2.40. The van der Waals surface area contributed by atoms with Crippen LogP contribution in [0.4, 0.5) is 5.69 Å². The number of furan rings is 1. The van der Waals surface area contributed by atoms with E-state index in [-0.39, 0.29) is 0 Å². The van der Waals surface area contributed by atoms with Gasteiger partial charge in [0.15, 0.2) is 11.0 Å². The van der Waals surface area contributed by atoms with E-state index in [2.05, 4.69) is 19.9 Å². The Morgan fingerprint density at radius 1 is 1.10 bits per heavy atom. The number of nitrogens with one attached hydrogen (secondary N) is 1. The molecule has 0 saturated carbocycles. The molecule has 0 aliphatic carbocycles. The van der Waals surface area contributed by atoms with Gasteiger partial charge in [0.2, 0.25) is 10.0 Å². The van der Waals surface area contributed by atoms with Crippen LogP contribution in [0.15, 0.2) is 76.8 Å². The highest BCUT2D eigenvalue weighted by Crippen LogP contribution is 2.28. The minimum absolute atomic E-state index is 0.480. The summed E-state index contributed by atoms with van der Waals surface area (Å²) in [7, 11) is -3.33. The van der Waals surface area contributed by atoms with Crippen molar-refractivity contribution in [2.24, 2.45) is 0 Å². The lowest BCUT2D eigenvalue weighted by molar-refractivity contribution is 0.485. The molecule has 0 atom stereocenters. The molecule has 0 amide bonds. The molecule has 4 rings (SSSR count). The van der Waals surface area contributed by atoms with Crippen LogP contribution in [0, 0.1) is 0 Å². The van der Waals surface area contributed by atoms with Crippen molar-refractivity contribution in [2.45, 2.75) is 17.5 Å². The zero-order valence-electron chi connectivity index (χ0n) is 16.1. The van der Waals surface area contributed by atoms with Crippen LogP contribution in [0.25, 0.3) is 11.4 Å². The molecule has 1 N–H and O–H groups in total. The lowest BCUT2D eigenvalue weighted by Crippen LogP contribution is -2.09. The third-order valence-corrected chi connectivity index (χ3v) is 5.79. The average molecular weight is 442 g/mol. The smallest absolute Gasteiger partial charge is 0.229 e. The fraction of sp³-hybridized carbons (Fsp3) is 0.150. The molecule has 0 fully saturated rings. The van der Waals surface area contributed by atoms with E-state index in [0.717, 1.165) is 28.3 Å². The van der Waals surface area contributed by atoms with E-state index in [1.807, 2.05) is 47.2 Å². The van der Waals surface area contributed by atoms with E-state index in [9.17, 15) is 8.42 Å². The summed E-state index contributed by atoms with van der Waals surface area (Å²) >= 11 is 1.56. The van der Waals surface area contributed by atoms with Gasteiger partial charge in [-0.05, 0) is 48.0 Å². The normalized spacial score (nSPS) is 11.5. The molecule has 4 aromatic rings. The van der Waals surface area contributed by atoms with Crippen LogP contribution in [0.5, 0.6) is 0 Å². The predicted molar refractivity (Wildman–Crippen MR) is 116 cm³/mol. The van der Waals surface area contributed by atoms with E-state index in [4.69, 9.17) is 4.42 Å². The first kappa shape index (κ1) is 20.2. The van der Waals surface area contributed by atoms with Crippen LogP contribution in [0.3, 0.4) is 0 Å². The highest BCUT2D eigenvalue weighted by molar-refractivity contribution is 7.98. The third kappa shape index (κ3) is 5.08. The number of sulfonamides is 1. The minimum Gasteiger partial charge on any atom is -0.467 e. The molecule has 0 spiro atoms. The number of aromatic nitrogens is 4. The van der Waals surface area contributed by atoms with E-state index >= 15 is 0 Å². The van der Waals surface area contributed by atoms with Gasteiger partial charge in [-0.3, -0.25) is 14.3 Å². The standard InChI is InChI=1S/C20H19N5O3S2/c1-30(26,27)24-17-8-6-16(7-9-17)19-22-23-20(25(19)13-18-5-3-11-28-18)29-14-15-4-2-10-21-12-15/h2-12,24H,13-14H2,1H3. The number of pyridine rings is 1. The summed E-state index contributed by atoms with van der Waals surface area (Å²) < 4.78 is 32.8. The maximum atomic E-state index is 11.4. The molecule has 0 aliphatic heterocycles. The van der Waals surface area contributed by atoms with Crippen LogP contribution < -0.4 is 4.72 Å². The Bertz CT molecular complexity index is 1210. The molecular weight excluding hydrogens is 422 g/mol. The number of anilines is 1. The number of benzene rings is 1. The SMILES string of the molecule is CS(=O)(=O)Nc1ccc(-c2nnc(SCc3cccnc3)n2Cc2ccco2)cc1. The zero-order valence-corrected chi connectivity index (χ0v) is 17.7. The maximum absolute atomic E-state index is 11.4. The topological polar surface area (TPSA) is 103 Å². The third-order valence-electron chi connectivity index (χ3n) is 4.15. The van der Waals surface area contributed by atoms with Crippen molar-refractivity contribution in [3.63, 3.8) is 0 Å². The first-order valence-electron chi connectivity index (χ1n) is 9.03. The van der Waals surface area contributed by atoms with Gasteiger partial charge >= 0.3 is 0 Å². The molecule has 30 heavy (non-hydrogen) atoms. The quantitative estimate of drug-likeness (QED) is 0.416. The summed E-state index contributed by atoms with van der Waals surface area (Å²) in [6, 6.07) is 14.7. The Kier molecular flexibility index (Phi) is 5.86. The fourth-order valence-electron chi connectivity index (χ4n) is 2.84. The van der Waals surface area contributed by atoms with Crippen molar-refractivity contribution in [3.8, 4) is 11.4 Å². The molecule has 10 heteroatoms. The first-order chi connectivity index (χ1) is 14.5. The van der Waals surface area contributed by atoms with Crippen LogP contribution in [-0.4, -0.2) is 34.4 Å². The highest BCUT2D eigenvalue weighted by atomic mass is 32.2. The Morgan fingerprint density at radius 2 is 1.93 bits per heavy atom. The van der Waals surface area contributed by atoms with E-state index in [1.165, 1.54) is 0 Å². The van der Waals surface area contributed by atoms with E-state index < -0.39 is 10.0 Å². The zero-order chi connectivity index (χ0) is 21.0. The van der Waals surface area contributed by atoms with Gasteiger partial charge < -0.3 is 4.42 Å². The van der Waals surface area contributed by atoms with E-state index in [0.29, 0.717) is 23.8 Å². The van der Waals surface area contributed by atoms with Crippen molar-refractivity contribution >= 4 is 27.5 Å². The van der Waals surface area contributed by atoms with Crippen LogP contribution in [0.2, 0.25) is 0 Å². The fourth-order valence-corrected chi connectivity index (χ4v) is 4.28. The van der Waals surface area contributed by atoms with Gasteiger partial charge in [-0.15, -0.1) is 10.2 Å². The van der Waals surface area contributed by atoms with Crippen molar-refractivity contribution in [1.29, 1.82) is 0 Å². The van der Waals surface area contributed by atoms with Gasteiger partial charge in [0.05, 0.1) is 19.1 Å². The van der Waals surface area contributed by atoms with Gasteiger partial charge in [0.1, 0.15) is 5.76 Å². The molecule has 0 aliphatic rings. The summed E-state index contributed by atoms with van der Waals surface area (Å²) in [4.78, 5) is 4.15. The minimum atomic E-state index is -3.33. The van der Waals surface area contributed by atoms with E-state index in [1.54, 1.807) is 36.4 Å². The molecule has 3 heterocycles. The monoisotopic (exact) mass is 441 g/mol. The lowest BCUT2D eigenvalue weighted by atomic mass is 10.2. The largest absolute Gasteiger partial charge is 0.467 e. The number of hydrogen-bond acceptors (Lipinski definition) is 7. The Morgan fingerprint density at radius 3 is 2.60 bits per heavy atom. The Hall–Kier alpha value is -3.11. The lowest BCUT2D eigenvalue weighted by Gasteiger charge is -2.10. The van der Waals surface area contributed by atoms with Crippen LogP contribution in [0.1, 0.15) is 11.3 Å². The maximum Gasteiger partial charge on any atom is 0.229 e. The van der Waals surface area contributed by atoms with Gasteiger partial charge in [0.25, 0.3) is 0 Å². The molecule has 154 valence electrons. The molecule has 0 radical (unpaired) electrons. The molecular formula is C20H19N5O3S2. The van der Waals surface area contributed by atoms with Crippen LogP contribution >= 0.6 is 11.8 Å². The van der Waals surface area contributed by atoms with Gasteiger partial charge in [-0.1, -0.05) is 17.8 Å². The van der Waals surface area contributed by atoms with Crippen molar-refractivity contribution in [2.75, 3.05) is 11.0 Å². The van der Waals surface area contributed by atoms with Gasteiger partial charge in [-0.25, -0.2) is 8.42 Å². The number of hydrogen-bond donors (Lipinski definition) is 1. The molecule has 0 bridgehead atoms. The number of nitrogens with zero attached hydrogens (tertiary/aromatic N) is 4. The summed E-state index contributed by atoms with van der Waals surface area (Å²) in [6.07, 6.45) is 6.32. The molecule has 3 aromatic heterocycles. The van der Waals surface area contributed by atoms with Gasteiger partial charge in [0, 0.05) is 29.4 Å². The Labute approximate surface area is 178 Å². The summed E-state index contributed by atoms with van der Waals surface area (Å²) in [5, 5.41) is 9.51. The summed E-state index contributed by atoms with van der Waals surface area (Å²) in [5.74, 6) is 2.17. The second-order valence-corrected chi connectivity index (χ2v) is 9.26. The van der Waals surface area contributed by atoms with Crippen molar-refractivity contribution in [1.82, 2.24) is 19.7 Å². The first-order valence-corrected chi connectivity index (χ1v) is 11.9. The summed E-state index contributed by atoms with van der Waals surface area (Å²) in [6.45, 7) is 0.480.